The van der Waals surface area contributed by atoms with Crippen molar-refractivity contribution in [1.82, 2.24) is 0 Å². The van der Waals surface area contributed by atoms with Gasteiger partial charge in [0.25, 0.3) is 0 Å². The molecule has 0 amide bonds. The SMILES string of the molecule is Clc1cccc(N2CC=CCC2)c1. The topological polar surface area (TPSA) is 3.24 Å². The van der Waals surface area contributed by atoms with E-state index in [0.29, 0.717) is 0 Å². The largest absolute Gasteiger partial charge is 0.367 e. The molecule has 1 aromatic rings. The van der Waals surface area contributed by atoms with E-state index in [0.717, 1.165) is 24.5 Å². The summed E-state index contributed by atoms with van der Waals surface area (Å²) in [5, 5.41) is 0.812. The van der Waals surface area contributed by atoms with Crippen LogP contribution in [0.4, 0.5) is 5.69 Å². The van der Waals surface area contributed by atoms with E-state index in [1.54, 1.807) is 0 Å². The van der Waals surface area contributed by atoms with Crippen molar-refractivity contribution in [3.63, 3.8) is 0 Å². The lowest BCUT2D eigenvalue weighted by molar-refractivity contribution is 0.821. The Labute approximate surface area is 83.6 Å². The Bertz CT molecular complexity index is 320. The Hall–Kier alpha value is -0.950. The van der Waals surface area contributed by atoms with Gasteiger partial charge in [0.05, 0.1) is 0 Å². The van der Waals surface area contributed by atoms with E-state index in [1.807, 2.05) is 18.2 Å². The average Bonchev–Trinajstić information content (AvgIpc) is 2.19. The van der Waals surface area contributed by atoms with Crippen LogP contribution in [-0.4, -0.2) is 13.1 Å². The van der Waals surface area contributed by atoms with Crippen LogP contribution in [0.25, 0.3) is 0 Å². The van der Waals surface area contributed by atoms with Crippen molar-refractivity contribution < 1.29 is 0 Å². The first kappa shape index (κ1) is 8.64. The van der Waals surface area contributed by atoms with Gasteiger partial charge in [0.2, 0.25) is 0 Å². The fourth-order valence-electron chi connectivity index (χ4n) is 1.55. The highest BCUT2D eigenvalue weighted by atomic mass is 35.5. The minimum absolute atomic E-state index is 0.812. The normalized spacial score (nSPS) is 16.2. The molecule has 68 valence electrons. The maximum Gasteiger partial charge on any atom is 0.0426 e. The standard InChI is InChI=1S/C11H12ClN/c12-10-5-4-6-11(9-10)13-7-2-1-3-8-13/h1-2,4-6,9H,3,7-8H2. The molecular weight excluding hydrogens is 182 g/mol. The second-order valence-electron chi connectivity index (χ2n) is 3.19. The van der Waals surface area contributed by atoms with Crippen LogP contribution in [0.5, 0.6) is 0 Å². The minimum atomic E-state index is 0.812. The van der Waals surface area contributed by atoms with Gasteiger partial charge in [-0.25, -0.2) is 0 Å². The van der Waals surface area contributed by atoms with Gasteiger partial charge in [-0.1, -0.05) is 29.8 Å². The fraction of sp³-hybridized carbons (Fsp3) is 0.273. The summed E-state index contributed by atoms with van der Waals surface area (Å²) < 4.78 is 0. The van der Waals surface area contributed by atoms with Crippen LogP contribution in [0.1, 0.15) is 6.42 Å². The third-order valence-corrected chi connectivity index (χ3v) is 2.47. The highest BCUT2D eigenvalue weighted by molar-refractivity contribution is 6.30. The van der Waals surface area contributed by atoms with Crippen LogP contribution in [0.15, 0.2) is 36.4 Å². The molecule has 2 rings (SSSR count). The number of halogens is 1. The minimum Gasteiger partial charge on any atom is -0.367 e. The third kappa shape index (κ3) is 2.04. The molecule has 13 heavy (non-hydrogen) atoms. The number of benzene rings is 1. The first-order valence-electron chi connectivity index (χ1n) is 4.52. The van der Waals surface area contributed by atoms with Gasteiger partial charge in [0.1, 0.15) is 0 Å². The Balaban J connectivity index is 2.20. The smallest absolute Gasteiger partial charge is 0.0426 e. The summed E-state index contributed by atoms with van der Waals surface area (Å²) in [6, 6.07) is 8.02. The Morgan fingerprint density at radius 3 is 2.85 bits per heavy atom. The van der Waals surface area contributed by atoms with Crippen molar-refractivity contribution in [2.75, 3.05) is 18.0 Å². The number of nitrogens with zero attached hydrogens (tertiary/aromatic N) is 1. The van der Waals surface area contributed by atoms with Gasteiger partial charge in [-0.3, -0.25) is 0 Å². The molecule has 0 spiro atoms. The van der Waals surface area contributed by atoms with Crippen LogP contribution >= 0.6 is 11.6 Å². The number of anilines is 1. The first-order chi connectivity index (χ1) is 6.36. The van der Waals surface area contributed by atoms with E-state index in [4.69, 9.17) is 11.6 Å². The molecule has 0 N–H and O–H groups in total. The summed E-state index contributed by atoms with van der Waals surface area (Å²) in [7, 11) is 0. The lowest BCUT2D eigenvalue weighted by Crippen LogP contribution is -2.26. The molecular formula is C11H12ClN. The molecule has 0 bridgehead atoms. The number of hydrogen-bond donors (Lipinski definition) is 0. The quantitative estimate of drug-likeness (QED) is 0.620. The van der Waals surface area contributed by atoms with Gasteiger partial charge in [-0.05, 0) is 24.6 Å². The molecule has 1 aromatic carbocycles. The summed E-state index contributed by atoms with van der Waals surface area (Å²) in [5.41, 5.74) is 1.22. The molecule has 0 saturated carbocycles. The van der Waals surface area contributed by atoms with Crippen LogP contribution in [0, 0.1) is 0 Å². The van der Waals surface area contributed by atoms with Crippen LogP contribution in [-0.2, 0) is 0 Å². The maximum atomic E-state index is 5.92. The zero-order valence-electron chi connectivity index (χ0n) is 7.41. The Kier molecular flexibility index (Phi) is 2.55. The second kappa shape index (κ2) is 3.84. The molecule has 1 heterocycles. The molecule has 0 radical (unpaired) electrons. The molecule has 1 aliphatic heterocycles. The monoisotopic (exact) mass is 193 g/mol. The zero-order chi connectivity index (χ0) is 9.10. The van der Waals surface area contributed by atoms with E-state index in [1.165, 1.54) is 5.69 Å². The molecule has 1 nitrogen and oxygen atoms in total. The highest BCUT2D eigenvalue weighted by Crippen LogP contribution is 2.20. The van der Waals surface area contributed by atoms with Gasteiger partial charge < -0.3 is 4.90 Å². The van der Waals surface area contributed by atoms with E-state index in [9.17, 15) is 0 Å². The van der Waals surface area contributed by atoms with E-state index < -0.39 is 0 Å². The summed E-state index contributed by atoms with van der Waals surface area (Å²) in [5.74, 6) is 0. The van der Waals surface area contributed by atoms with Crippen molar-refractivity contribution in [3.05, 3.63) is 41.4 Å². The van der Waals surface area contributed by atoms with Gasteiger partial charge >= 0.3 is 0 Å². The van der Waals surface area contributed by atoms with Crippen LogP contribution < -0.4 is 4.90 Å². The molecule has 0 aromatic heterocycles. The van der Waals surface area contributed by atoms with E-state index in [-0.39, 0.29) is 0 Å². The van der Waals surface area contributed by atoms with E-state index >= 15 is 0 Å². The zero-order valence-corrected chi connectivity index (χ0v) is 8.17. The first-order valence-corrected chi connectivity index (χ1v) is 4.89. The van der Waals surface area contributed by atoms with Crippen molar-refractivity contribution in [2.24, 2.45) is 0 Å². The molecule has 0 fully saturated rings. The molecule has 0 unspecified atom stereocenters. The molecule has 2 heteroatoms. The highest BCUT2D eigenvalue weighted by Gasteiger charge is 2.06. The van der Waals surface area contributed by atoms with Crippen molar-refractivity contribution in [1.29, 1.82) is 0 Å². The lowest BCUT2D eigenvalue weighted by Gasteiger charge is -2.25. The predicted molar refractivity (Wildman–Crippen MR) is 57.4 cm³/mol. The van der Waals surface area contributed by atoms with Gasteiger partial charge in [-0.15, -0.1) is 0 Å². The molecule has 1 aliphatic rings. The molecule has 0 atom stereocenters. The van der Waals surface area contributed by atoms with Gasteiger partial charge in [-0.2, -0.15) is 0 Å². The van der Waals surface area contributed by atoms with Crippen LogP contribution in [0.3, 0.4) is 0 Å². The van der Waals surface area contributed by atoms with Crippen molar-refractivity contribution in [2.45, 2.75) is 6.42 Å². The summed E-state index contributed by atoms with van der Waals surface area (Å²) in [4.78, 5) is 2.33. The maximum absolute atomic E-state index is 5.92. The Morgan fingerprint density at radius 2 is 2.15 bits per heavy atom. The van der Waals surface area contributed by atoms with E-state index in [2.05, 4.69) is 23.1 Å². The molecule has 0 aliphatic carbocycles. The second-order valence-corrected chi connectivity index (χ2v) is 3.62. The number of rotatable bonds is 1. The molecule has 0 saturated heterocycles. The summed E-state index contributed by atoms with van der Waals surface area (Å²) in [6.07, 6.45) is 5.55. The third-order valence-electron chi connectivity index (χ3n) is 2.23. The van der Waals surface area contributed by atoms with Crippen LogP contribution in [0.2, 0.25) is 5.02 Å². The summed E-state index contributed by atoms with van der Waals surface area (Å²) >= 11 is 5.92. The van der Waals surface area contributed by atoms with Gasteiger partial charge in [0, 0.05) is 23.8 Å². The van der Waals surface area contributed by atoms with Gasteiger partial charge in [0.15, 0.2) is 0 Å². The average molecular weight is 194 g/mol. The Morgan fingerprint density at radius 1 is 1.23 bits per heavy atom. The predicted octanol–water partition coefficient (Wildman–Crippen LogP) is 3.11. The van der Waals surface area contributed by atoms with Crippen molar-refractivity contribution >= 4 is 17.3 Å². The summed E-state index contributed by atoms with van der Waals surface area (Å²) in [6.45, 7) is 2.09. The van der Waals surface area contributed by atoms with Crippen molar-refractivity contribution in [3.8, 4) is 0 Å². The lowest BCUT2D eigenvalue weighted by atomic mass is 10.2. The fourth-order valence-corrected chi connectivity index (χ4v) is 1.73. The number of hydrogen-bond acceptors (Lipinski definition) is 1.